The van der Waals surface area contributed by atoms with E-state index >= 15 is 0 Å². The van der Waals surface area contributed by atoms with Gasteiger partial charge in [0.05, 0.1) is 18.1 Å². The van der Waals surface area contributed by atoms with Gasteiger partial charge >= 0.3 is 6.36 Å². The highest BCUT2D eigenvalue weighted by molar-refractivity contribution is 5.84. The van der Waals surface area contributed by atoms with Crippen molar-refractivity contribution in [3.8, 4) is 5.75 Å². The number of aromatic nitrogens is 4. The molecule has 0 bridgehead atoms. The number of halogens is 3. The molecule has 9 heteroatoms. The third-order valence-electron chi connectivity index (χ3n) is 2.93. The lowest BCUT2D eigenvalue weighted by molar-refractivity contribution is -0.274. The fourth-order valence-corrected chi connectivity index (χ4v) is 2.04. The zero-order valence-corrected chi connectivity index (χ0v) is 11.1. The molecule has 6 nitrogen and oxygen atoms in total. The number of anilines is 1. The van der Waals surface area contributed by atoms with Gasteiger partial charge in [0.2, 0.25) is 0 Å². The van der Waals surface area contributed by atoms with Crippen molar-refractivity contribution in [3.63, 3.8) is 0 Å². The normalized spacial score (nSPS) is 11.8. The number of fused-ring (bicyclic) bond motifs is 1. The van der Waals surface area contributed by atoms with Crippen LogP contribution in [0.5, 0.6) is 5.75 Å². The largest absolute Gasteiger partial charge is 0.573 e. The third kappa shape index (κ3) is 2.92. The van der Waals surface area contributed by atoms with E-state index in [1.165, 1.54) is 35.4 Å². The molecule has 0 aliphatic heterocycles. The quantitative estimate of drug-likeness (QED) is 0.803. The van der Waals surface area contributed by atoms with E-state index in [4.69, 9.17) is 5.73 Å². The molecular formula is C13H10F3N5O. The van der Waals surface area contributed by atoms with Crippen LogP contribution in [-0.2, 0) is 6.54 Å². The van der Waals surface area contributed by atoms with Crippen molar-refractivity contribution in [1.82, 2.24) is 19.7 Å². The van der Waals surface area contributed by atoms with Crippen LogP contribution < -0.4 is 10.5 Å². The summed E-state index contributed by atoms with van der Waals surface area (Å²) in [4.78, 5) is 7.93. The molecule has 0 aliphatic rings. The molecule has 1 aromatic carbocycles. The maximum Gasteiger partial charge on any atom is 0.573 e. The van der Waals surface area contributed by atoms with Crippen LogP contribution in [0.25, 0.3) is 11.0 Å². The molecule has 2 aromatic heterocycles. The lowest BCUT2D eigenvalue weighted by Gasteiger charge is -2.10. The Kier molecular flexibility index (Phi) is 3.32. The number of alkyl halides is 3. The van der Waals surface area contributed by atoms with E-state index in [2.05, 4.69) is 19.8 Å². The van der Waals surface area contributed by atoms with E-state index in [0.717, 1.165) is 0 Å². The minimum absolute atomic E-state index is 0.231. The number of nitrogens with two attached hydrogens (primary N) is 1. The van der Waals surface area contributed by atoms with Gasteiger partial charge in [0, 0.05) is 0 Å². The van der Waals surface area contributed by atoms with Gasteiger partial charge in [0.15, 0.2) is 5.65 Å². The summed E-state index contributed by atoms with van der Waals surface area (Å²) in [6, 6.07) is 5.68. The summed E-state index contributed by atoms with van der Waals surface area (Å²) in [5.74, 6) is 0.0148. The molecule has 3 aromatic rings. The van der Waals surface area contributed by atoms with Crippen LogP contribution in [0.3, 0.4) is 0 Å². The fraction of sp³-hybridized carbons (Fsp3) is 0.154. The Morgan fingerprint density at radius 3 is 2.82 bits per heavy atom. The van der Waals surface area contributed by atoms with E-state index in [1.807, 2.05) is 0 Å². The molecule has 0 aliphatic carbocycles. The average molecular weight is 309 g/mol. The van der Waals surface area contributed by atoms with Gasteiger partial charge in [-0.15, -0.1) is 13.2 Å². The summed E-state index contributed by atoms with van der Waals surface area (Å²) in [5, 5.41) is 4.71. The molecule has 0 fully saturated rings. The van der Waals surface area contributed by atoms with Crippen LogP contribution in [-0.4, -0.2) is 26.1 Å². The van der Waals surface area contributed by atoms with Gasteiger partial charge in [-0.05, 0) is 17.7 Å². The lowest BCUT2D eigenvalue weighted by Crippen LogP contribution is -2.17. The summed E-state index contributed by atoms with van der Waals surface area (Å²) in [6.07, 6.45) is -1.90. The summed E-state index contributed by atoms with van der Waals surface area (Å²) < 4.78 is 42.1. The molecule has 22 heavy (non-hydrogen) atoms. The first kappa shape index (κ1) is 14.1. The number of nitrogens with zero attached hydrogens (tertiary/aromatic N) is 4. The molecule has 0 radical (unpaired) electrons. The van der Waals surface area contributed by atoms with Gasteiger partial charge in [-0.25, -0.2) is 14.6 Å². The SMILES string of the molecule is Nc1ncnc2c1cnn2Cc1cccc(OC(F)(F)F)c1. The molecule has 0 amide bonds. The number of hydrogen-bond donors (Lipinski definition) is 1. The van der Waals surface area contributed by atoms with Gasteiger partial charge in [0.1, 0.15) is 17.9 Å². The number of hydrogen-bond acceptors (Lipinski definition) is 5. The van der Waals surface area contributed by atoms with E-state index in [9.17, 15) is 13.2 Å². The molecule has 0 saturated heterocycles. The second-order valence-corrected chi connectivity index (χ2v) is 4.49. The smallest absolute Gasteiger partial charge is 0.406 e. The van der Waals surface area contributed by atoms with E-state index in [0.29, 0.717) is 22.4 Å². The number of ether oxygens (including phenoxy) is 1. The summed E-state index contributed by atoms with van der Waals surface area (Å²) in [5.41, 5.74) is 6.80. The highest BCUT2D eigenvalue weighted by atomic mass is 19.4. The topological polar surface area (TPSA) is 78.9 Å². The minimum Gasteiger partial charge on any atom is -0.406 e. The zero-order chi connectivity index (χ0) is 15.7. The number of rotatable bonds is 3. The Bertz CT molecular complexity index is 815. The van der Waals surface area contributed by atoms with Gasteiger partial charge in [-0.3, -0.25) is 0 Å². The Labute approximate surface area is 122 Å². The van der Waals surface area contributed by atoms with E-state index in [-0.39, 0.29) is 12.3 Å². The van der Waals surface area contributed by atoms with Gasteiger partial charge in [-0.2, -0.15) is 5.10 Å². The average Bonchev–Trinajstić information content (AvgIpc) is 2.82. The van der Waals surface area contributed by atoms with Crippen LogP contribution in [0.15, 0.2) is 36.8 Å². The Balaban J connectivity index is 1.89. The monoisotopic (exact) mass is 309 g/mol. The molecule has 0 unspecified atom stereocenters. The molecule has 0 atom stereocenters. The number of nitrogen functional groups attached to an aromatic ring is 1. The summed E-state index contributed by atoms with van der Waals surface area (Å²) in [6.45, 7) is 0.231. The van der Waals surface area contributed by atoms with Crippen molar-refractivity contribution >= 4 is 16.9 Å². The van der Waals surface area contributed by atoms with Crippen LogP contribution >= 0.6 is 0 Å². The highest BCUT2D eigenvalue weighted by Crippen LogP contribution is 2.24. The predicted octanol–water partition coefficient (Wildman–Crippen LogP) is 2.36. The maximum absolute atomic E-state index is 12.2. The van der Waals surface area contributed by atoms with Gasteiger partial charge < -0.3 is 10.5 Å². The van der Waals surface area contributed by atoms with E-state index < -0.39 is 6.36 Å². The Morgan fingerprint density at radius 1 is 1.23 bits per heavy atom. The Hall–Kier alpha value is -2.84. The van der Waals surface area contributed by atoms with Crippen molar-refractivity contribution in [2.45, 2.75) is 12.9 Å². The van der Waals surface area contributed by atoms with Crippen molar-refractivity contribution in [1.29, 1.82) is 0 Å². The first-order valence-electron chi connectivity index (χ1n) is 6.19. The number of benzene rings is 1. The summed E-state index contributed by atoms with van der Waals surface area (Å²) in [7, 11) is 0. The van der Waals surface area contributed by atoms with Crippen molar-refractivity contribution < 1.29 is 17.9 Å². The molecule has 2 heterocycles. The van der Waals surface area contributed by atoms with Gasteiger partial charge in [-0.1, -0.05) is 12.1 Å². The zero-order valence-electron chi connectivity index (χ0n) is 11.1. The van der Waals surface area contributed by atoms with Crippen molar-refractivity contribution in [2.24, 2.45) is 0 Å². The molecule has 0 saturated carbocycles. The lowest BCUT2D eigenvalue weighted by atomic mass is 10.2. The summed E-state index contributed by atoms with van der Waals surface area (Å²) >= 11 is 0. The second kappa shape index (κ2) is 5.17. The molecule has 3 rings (SSSR count). The second-order valence-electron chi connectivity index (χ2n) is 4.49. The molecule has 0 spiro atoms. The van der Waals surface area contributed by atoms with Gasteiger partial charge in [0.25, 0.3) is 0 Å². The first-order chi connectivity index (χ1) is 10.4. The fourth-order valence-electron chi connectivity index (χ4n) is 2.04. The standard InChI is InChI=1S/C13H10F3N5O/c14-13(15,16)22-9-3-1-2-8(4-9)6-21-12-10(5-20-21)11(17)18-7-19-12/h1-5,7H,6H2,(H2,17,18,19). The van der Waals surface area contributed by atoms with Crippen LogP contribution in [0.4, 0.5) is 19.0 Å². The van der Waals surface area contributed by atoms with Crippen LogP contribution in [0.1, 0.15) is 5.56 Å². The molecule has 2 N–H and O–H groups in total. The highest BCUT2D eigenvalue weighted by Gasteiger charge is 2.31. The van der Waals surface area contributed by atoms with E-state index in [1.54, 1.807) is 6.07 Å². The molecule has 114 valence electrons. The predicted molar refractivity (Wildman–Crippen MR) is 72.0 cm³/mol. The van der Waals surface area contributed by atoms with Crippen LogP contribution in [0, 0.1) is 0 Å². The maximum atomic E-state index is 12.2. The van der Waals surface area contributed by atoms with Crippen molar-refractivity contribution in [3.05, 3.63) is 42.4 Å². The third-order valence-corrected chi connectivity index (χ3v) is 2.93. The Morgan fingerprint density at radius 2 is 2.05 bits per heavy atom. The first-order valence-corrected chi connectivity index (χ1v) is 6.19. The molecular weight excluding hydrogens is 299 g/mol. The minimum atomic E-state index is -4.72. The van der Waals surface area contributed by atoms with Crippen molar-refractivity contribution in [2.75, 3.05) is 5.73 Å². The van der Waals surface area contributed by atoms with Crippen LogP contribution in [0.2, 0.25) is 0 Å².